The number of nitrogens with one attached hydrogen (secondary N) is 3. The second kappa shape index (κ2) is 16.4. The Bertz CT molecular complexity index is 1730. The second-order valence-electron chi connectivity index (χ2n) is 15.2. The summed E-state index contributed by atoms with van der Waals surface area (Å²) in [6.45, 7) is 9.16. The minimum absolute atomic E-state index is 0.0284. The van der Waals surface area contributed by atoms with Gasteiger partial charge in [-0.2, -0.15) is 10.2 Å². The van der Waals surface area contributed by atoms with E-state index < -0.39 is 35.6 Å². The van der Waals surface area contributed by atoms with Crippen LogP contribution in [0.5, 0.6) is 0 Å². The number of anilines is 1. The van der Waals surface area contributed by atoms with Crippen molar-refractivity contribution in [2.45, 2.75) is 90.4 Å². The fourth-order valence-corrected chi connectivity index (χ4v) is 7.27. The van der Waals surface area contributed by atoms with Gasteiger partial charge in [0.1, 0.15) is 29.3 Å². The highest BCUT2D eigenvalue weighted by Crippen LogP contribution is 2.32. The number of carbonyl (C=O) groups excluding carboxylic acids is 4. The highest BCUT2D eigenvalue weighted by molar-refractivity contribution is 6.01. The molecule has 4 amide bonds. The van der Waals surface area contributed by atoms with E-state index in [1.807, 2.05) is 20.9 Å². The molecule has 52 heavy (non-hydrogen) atoms. The summed E-state index contributed by atoms with van der Waals surface area (Å²) >= 11 is 0. The number of benzene rings is 1. The van der Waals surface area contributed by atoms with Crippen molar-refractivity contribution in [2.75, 3.05) is 38.5 Å². The summed E-state index contributed by atoms with van der Waals surface area (Å²) in [7, 11) is 2.00. The Morgan fingerprint density at radius 3 is 2.21 bits per heavy atom. The summed E-state index contributed by atoms with van der Waals surface area (Å²) in [5.74, 6) is -1.28. The highest BCUT2D eigenvalue weighted by Gasteiger charge is 2.35. The normalized spacial score (nSPS) is 20.7. The van der Waals surface area contributed by atoms with Crippen molar-refractivity contribution in [1.29, 1.82) is 0 Å². The van der Waals surface area contributed by atoms with Gasteiger partial charge < -0.3 is 25.8 Å². The standard InChI is InChI=1S/C38H52FN9O4/c1-24(2)48-33(14-16-41-48)36(50)44-34(28-10-5-25(3)6-11-28)37(51)42-30-12-9-27(21-29(30)39)22-31(38(52)46-19-17-45(4)18-20-46)43-35(49)32-13-15-40-47(32)23-26-7-8-26/h9,12-16,21,24-26,28,31,34H,5-8,10-11,17-20,22-23H2,1-4H3,(H,42,51)(H,43,49)(H,44,50)/t25?,28?,31-,34+/m1/s1. The van der Waals surface area contributed by atoms with Gasteiger partial charge >= 0.3 is 0 Å². The van der Waals surface area contributed by atoms with E-state index in [1.165, 1.54) is 12.1 Å². The van der Waals surface area contributed by atoms with Crippen molar-refractivity contribution in [1.82, 2.24) is 40.0 Å². The molecule has 6 rings (SSSR count). The van der Waals surface area contributed by atoms with Crippen LogP contribution in [0.4, 0.5) is 10.1 Å². The molecular weight excluding hydrogens is 665 g/mol. The van der Waals surface area contributed by atoms with E-state index >= 15 is 4.39 Å². The average Bonchev–Trinajstić information content (AvgIpc) is 3.57. The number of halogens is 1. The third-order valence-electron chi connectivity index (χ3n) is 10.7. The smallest absolute Gasteiger partial charge is 0.270 e. The van der Waals surface area contributed by atoms with E-state index in [0.717, 1.165) is 38.5 Å². The molecule has 2 aromatic heterocycles. The summed E-state index contributed by atoms with van der Waals surface area (Å²) in [6.07, 6.45) is 8.81. The predicted molar refractivity (Wildman–Crippen MR) is 194 cm³/mol. The van der Waals surface area contributed by atoms with Crippen molar-refractivity contribution in [3.63, 3.8) is 0 Å². The van der Waals surface area contributed by atoms with Crippen LogP contribution in [0, 0.1) is 23.6 Å². The fourth-order valence-electron chi connectivity index (χ4n) is 7.27. The summed E-state index contributed by atoms with van der Waals surface area (Å²) in [4.78, 5) is 58.5. The molecule has 0 bridgehead atoms. The zero-order chi connectivity index (χ0) is 36.9. The van der Waals surface area contributed by atoms with E-state index in [-0.39, 0.29) is 30.0 Å². The molecule has 280 valence electrons. The SMILES string of the molecule is CC1CCC([C@H](NC(=O)c2ccnn2C(C)C)C(=O)Nc2ccc(C[C@@H](NC(=O)c3ccnn3CC3CC3)C(=O)N3CCN(C)CC3)cc2F)CC1. The molecule has 2 aliphatic carbocycles. The largest absolute Gasteiger partial charge is 0.339 e. The molecule has 14 heteroatoms. The first kappa shape index (κ1) is 37.2. The Labute approximate surface area is 304 Å². The van der Waals surface area contributed by atoms with Gasteiger partial charge in [-0.3, -0.25) is 28.5 Å². The van der Waals surface area contributed by atoms with Crippen LogP contribution in [0.15, 0.2) is 42.7 Å². The zero-order valence-electron chi connectivity index (χ0n) is 30.7. The maximum absolute atomic E-state index is 15.8. The van der Waals surface area contributed by atoms with Crippen LogP contribution in [0.3, 0.4) is 0 Å². The molecule has 0 unspecified atom stereocenters. The first-order valence-corrected chi connectivity index (χ1v) is 18.7. The lowest BCUT2D eigenvalue weighted by molar-refractivity contribution is -0.134. The maximum Gasteiger partial charge on any atom is 0.270 e. The van der Waals surface area contributed by atoms with Crippen LogP contribution in [-0.2, 0) is 22.6 Å². The number of hydrogen-bond acceptors (Lipinski definition) is 7. The molecular formula is C38H52FN9O4. The van der Waals surface area contributed by atoms with Crippen molar-refractivity contribution in [3.05, 3.63) is 65.5 Å². The molecule has 1 aliphatic heterocycles. The van der Waals surface area contributed by atoms with Gasteiger partial charge in [0.2, 0.25) is 11.8 Å². The van der Waals surface area contributed by atoms with Gasteiger partial charge in [0.25, 0.3) is 11.8 Å². The maximum atomic E-state index is 15.8. The molecule has 13 nitrogen and oxygen atoms in total. The number of aromatic nitrogens is 4. The van der Waals surface area contributed by atoms with Crippen molar-refractivity contribution in [2.24, 2.45) is 17.8 Å². The first-order chi connectivity index (χ1) is 25.0. The lowest BCUT2D eigenvalue weighted by Crippen LogP contribution is -2.55. The van der Waals surface area contributed by atoms with Gasteiger partial charge in [-0.05, 0) is 94.2 Å². The van der Waals surface area contributed by atoms with Crippen molar-refractivity contribution in [3.8, 4) is 0 Å². The van der Waals surface area contributed by atoms with E-state index in [2.05, 4.69) is 38.0 Å². The van der Waals surface area contributed by atoms with Crippen molar-refractivity contribution < 1.29 is 23.6 Å². The van der Waals surface area contributed by atoms with E-state index in [1.54, 1.807) is 44.9 Å². The number of rotatable bonds is 13. The molecule has 3 aliphatic rings. The summed E-state index contributed by atoms with van der Waals surface area (Å²) in [5.41, 5.74) is 1.20. The third kappa shape index (κ3) is 9.06. The van der Waals surface area contributed by atoms with Gasteiger partial charge in [-0.15, -0.1) is 0 Å². The Morgan fingerprint density at radius 1 is 0.865 bits per heavy atom. The first-order valence-electron chi connectivity index (χ1n) is 18.7. The number of carbonyl (C=O) groups is 4. The lowest BCUT2D eigenvalue weighted by atomic mass is 9.79. The van der Waals surface area contributed by atoms with Crippen LogP contribution >= 0.6 is 0 Å². The second-order valence-corrected chi connectivity index (χ2v) is 15.2. The summed E-state index contributed by atoms with van der Waals surface area (Å²) in [5, 5.41) is 17.2. The lowest BCUT2D eigenvalue weighted by Gasteiger charge is -2.35. The summed E-state index contributed by atoms with van der Waals surface area (Å²) in [6, 6.07) is 5.84. The number of hydrogen-bond donors (Lipinski definition) is 3. The predicted octanol–water partition coefficient (Wildman–Crippen LogP) is 3.89. The fraction of sp³-hybridized carbons (Fsp3) is 0.579. The van der Waals surface area contributed by atoms with Gasteiger partial charge in [-0.1, -0.05) is 25.8 Å². The number of amides is 4. The number of likely N-dealkylation sites (N-methyl/N-ethyl adjacent to an activating group) is 1. The zero-order valence-corrected chi connectivity index (χ0v) is 30.7. The molecule has 3 N–H and O–H groups in total. The Morgan fingerprint density at radius 2 is 1.54 bits per heavy atom. The molecule has 0 radical (unpaired) electrons. The van der Waals surface area contributed by atoms with Crippen LogP contribution < -0.4 is 16.0 Å². The topological polar surface area (TPSA) is 146 Å². The van der Waals surface area contributed by atoms with E-state index in [0.29, 0.717) is 61.5 Å². The van der Waals surface area contributed by atoms with Crippen LogP contribution in [0.25, 0.3) is 0 Å². The van der Waals surface area contributed by atoms with Gasteiger partial charge in [0.15, 0.2) is 0 Å². The Balaban J connectivity index is 1.17. The van der Waals surface area contributed by atoms with Gasteiger partial charge in [-0.25, -0.2) is 4.39 Å². The molecule has 0 spiro atoms. The summed E-state index contributed by atoms with van der Waals surface area (Å²) < 4.78 is 19.1. The van der Waals surface area contributed by atoms with Gasteiger partial charge in [0.05, 0.1) is 5.69 Å². The van der Waals surface area contributed by atoms with Crippen LogP contribution in [0.1, 0.15) is 91.9 Å². The average molecular weight is 718 g/mol. The van der Waals surface area contributed by atoms with E-state index in [4.69, 9.17) is 0 Å². The van der Waals surface area contributed by atoms with Gasteiger partial charge in [0, 0.05) is 57.6 Å². The molecule has 3 heterocycles. The van der Waals surface area contributed by atoms with E-state index in [9.17, 15) is 19.2 Å². The van der Waals surface area contributed by atoms with Crippen molar-refractivity contribution >= 4 is 29.3 Å². The number of piperazine rings is 1. The molecule has 3 fully saturated rings. The monoisotopic (exact) mass is 717 g/mol. The quantitative estimate of drug-likeness (QED) is 0.243. The van der Waals surface area contributed by atoms with Crippen LogP contribution in [0.2, 0.25) is 0 Å². The Hall–Kier alpha value is -4.59. The molecule has 1 saturated heterocycles. The molecule has 1 aromatic carbocycles. The minimum atomic E-state index is -0.937. The molecule has 3 aromatic rings. The van der Waals surface area contributed by atoms with Crippen LogP contribution in [-0.4, -0.2) is 98.3 Å². The third-order valence-corrected chi connectivity index (χ3v) is 10.7. The molecule has 2 saturated carbocycles. The minimum Gasteiger partial charge on any atom is -0.339 e. The number of nitrogens with zero attached hydrogens (tertiary/aromatic N) is 6. The molecule has 2 atom stereocenters. The highest BCUT2D eigenvalue weighted by atomic mass is 19.1. The Kier molecular flexibility index (Phi) is 11.7.